The summed E-state index contributed by atoms with van der Waals surface area (Å²) in [6.45, 7) is 2.84. The molecule has 0 unspecified atom stereocenters. The van der Waals surface area contributed by atoms with Crippen LogP contribution in [0.2, 0.25) is 0 Å². The molecule has 0 aromatic carbocycles. The Bertz CT molecular complexity index is 310. The highest BCUT2D eigenvalue weighted by atomic mass is 16.5. The summed E-state index contributed by atoms with van der Waals surface area (Å²) in [5.41, 5.74) is 3.51. The first-order valence-corrected chi connectivity index (χ1v) is 5.43. The van der Waals surface area contributed by atoms with Gasteiger partial charge in [0, 0.05) is 13.3 Å². The zero-order valence-electron chi connectivity index (χ0n) is 10.0. The third kappa shape index (κ3) is 6.18. The lowest BCUT2D eigenvalue weighted by Crippen LogP contribution is -2.10. The van der Waals surface area contributed by atoms with Gasteiger partial charge in [0.2, 0.25) is 0 Å². The topological polar surface area (TPSA) is 78.6 Å². The fourth-order valence-electron chi connectivity index (χ4n) is 1.20. The van der Waals surface area contributed by atoms with Gasteiger partial charge in [-0.1, -0.05) is 0 Å². The summed E-state index contributed by atoms with van der Waals surface area (Å²) in [5.74, 6) is 5.88. The molecule has 17 heavy (non-hydrogen) atoms. The maximum Gasteiger partial charge on any atom is 0.140 e. The highest BCUT2D eigenvalue weighted by Gasteiger charge is 1.96. The van der Waals surface area contributed by atoms with Crippen molar-refractivity contribution in [2.45, 2.75) is 6.61 Å². The summed E-state index contributed by atoms with van der Waals surface area (Å²) in [6, 6.07) is 3.72. The Morgan fingerprint density at radius 2 is 2.00 bits per heavy atom. The third-order valence-corrected chi connectivity index (χ3v) is 2.04. The van der Waals surface area contributed by atoms with Crippen LogP contribution in [0.5, 0.6) is 0 Å². The third-order valence-electron chi connectivity index (χ3n) is 2.04. The minimum Gasteiger partial charge on any atom is -0.382 e. The van der Waals surface area contributed by atoms with Gasteiger partial charge in [-0.25, -0.2) is 10.8 Å². The number of pyridine rings is 1. The number of hydrogen-bond donors (Lipinski definition) is 2. The predicted octanol–water partition coefficient (Wildman–Crippen LogP) is 0.547. The van der Waals surface area contributed by atoms with E-state index in [-0.39, 0.29) is 0 Å². The zero-order valence-corrected chi connectivity index (χ0v) is 10.0. The number of nitrogens with two attached hydrogens (primary N) is 1. The Balaban J connectivity index is 2.09. The van der Waals surface area contributed by atoms with Crippen LogP contribution in [0.4, 0.5) is 5.82 Å². The minimum atomic E-state index is 0.519. The first-order chi connectivity index (χ1) is 8.36. The van der Waals surface area contributed by atoms with Gasteiger partial charge < -0.3 is 19.6 Å². The monoisotopic (exact) mass is 241 g/mol. The number of ether oxygens (including phenoxy) is 3. The van der Waals surface area contributed by atoms with Crippen molar-refractivity contribution < 1.29 is 14.2 Å². The lowest BCUT2D eigenvalue weighted by atomic mass is 10.3. The molecule has 0 saturated heterocycles. The van der Waals surface area contributed by atoms with Crippen molar-refractivity contribution in [3.63, 3.8) is 0 Å². The number of hydrogen-bond acceptors (Lipinski definition) is 6. The van der Waals surface area contributed by atoms with Crippen LogP contribution >= 0.6 is 0 Å². The molecule has 6 heteroatoms. The van der Waals surface area contributed by atoms with Crippen molar-refractivity contribution in [3.8, 4) is 0 Å². The Kier molecular flexibility index (Phi) is 7.24. The van der Waals surface area contributed by atoms with Gasteiger partial charge in [0.15, 0.2) is 0 Å². The van der Waals surface area contributed by atoms with E-state index in [0.29, 0.717) is 38.9 Å². The predicted molar refractivity (Wildman–Crippen MR) is 64.4 cm³/mol. The Morgan fingerprint density at radius 3 is 2.76 bits per heavy atom. The Hall–Kier alpha value is -1.21. The van der Waals surface area contributed by atoms with E-state index in [2.05, 4.69) is 10.4 Å². The SMILES string of the molecule is COCCOCCOCc1ccnc(NN)c1. The Labute approximate surface area is 101 Å². The van der Waals surface area contributed by atoms with E-state index in [1.807, 2.05) is 12.1 Å². The lowest BCUT2D eigenvalue weighted by molar-refractivity contribution is 0.0199. The maximum atomic E-state index is 5.44. The molecule has 0 aliphatic carbocycles. The molecule has 0 bridgehead atoms. The van der Waals surface area contributed by atoms with Gasteiger partial charge in [-0.3, -0.25) is 0 Å². The van der Waals surface area contributed by atoms with Crippen molar-refractivity contribution in [1.29, 1.82) is 0 Å². The highest BCUT2D eigenvalue weighted by Crippen LogP contribution is 2.06. The number of anilines is 1. The molecule has 0 radical (unpaired) electrons. The fourth-order valence-corrected chi connectivity index (χ4v) is 1.20. The zero-order chi connectivity index (χ0) is 12.3. The Morgan fingerprint density at radius 1 is 1.24 bits per heavy atom. The summed E-state index contributed by atoms with van der Waals surface area (Å²) in [5, 5.41) is 0. The van der Waals surface area contributed by atoms with Crippen LogP contribution in [0.25, 0.3) is 0 Å². The summed E-state index contributed by atoms with van der Waals surface area (Å²) in [4.78, 5) is 4.01. The van der Waals surface area contributed by atoms with Gasteiger partial charge in [-0.05, 0) is 17.7 Å². The molecule has 3 N–H and O–H groups in total. The van der Waals surface area contributed by atoms with Crippen LogP contribution in [0.1, 0.15) is 5.56 Å². The van der Waals surface area contributed by atoms with Crippen LogP contribution in [0.3, 0.4) is 0 Å². The van der Waals surface area contributed by atoms with Crippen LogP contribution in [-0.4, -0.2) is 38.5 Å². The van der Waals surface area contributed by atoms with Gasteiger partial charge >= 0.3 is 0 Å². The fraction of sp³-hybridized carbons (Fsp3) is 0.545. The molecule has 0 aliphatic heterocycles. The van der Waals surface area contributed by atoms with Gasteiger partial charge in [0.1, 0.15) is 5.82 Å². The molecule has 1 rings (SSSR count). The van der Waals surface area contributed by atoms with Crippen molar-refractivity contribution in [2.75, 3.05) is 39.0 Å². The number of hydrazine groups is 1. The second-order valence-electron chi connectivity index (χ2n) is 3.35. The summed E-state index contributed by atoms with van der Waals surface area (Å²) in [7, 11) is 1.65. The second kappa shape index (κ2) is 8.89. The highest BCUT2D eigenvalue weighted by molar-refractivity contribution is 5.35. The quantitative estimate of drug-likeness (QED) is 0.373. The first kappa shape index (κ1) is 13.9. The number of methoxy groups -OCH3 is 1. The molecule has 96 valence electrons. The van der Waals surface area contributed by atoms with Gasteiger partial charge in [0.25, 0.3) is 0 Å². The smallest absolute Gasteiger partial charge is 0.140 e. The molecule has 1 heterocycles. The van der Waals surface area contributed by atoms with Crippen molar-refractivity contribution >= 4 is 5.82 Å². The number of nitrogen functional groups attached to an aromatic ring is 1. The van der Waals surface area contributed by atoms with E-state index in [0.717, 1.165) is 5.56 Å². The van der Waals surface area contributed by atoms with Crippen molar-refractivity contribution in [2.24, 2.45) is 5.84 Å². The largest absolute Gasteiger partial charge is 0.382 e. The molecule has 0 fully saturated rings. The summed E-state index contributed by atoms with van der Waals surface area (Å²) in [6.07, 6.45) is 1.68. The van der Waals surface area contributed by atoms with E-state index < -0.39 is 0 Å². The second-order valence-corrected chi connectivity index (χ2v) is 3.35. The maximum absolute atomic E-state index is 5.44. The average molecular weight is 241 g/mol. The molecule has 0 aliphatic rings. The van der Waals surface area contributed by atoms with E-state index in [9.17, 15) is 0 Å². The molecular weight excluding hydrogens is 222 g/mol. The van der Waals surface area contributed by atoms with Crippen LogP contribution in [0, 0.1) is 0 Å². The number of rotatable bonds is 9. The molecule has 0 atom stereocenters. The normalized spacial score (nSPS) is 10.5. The van der Waals surface area contributed by atoms with Crippen LogP contribution in [0.15, 0.2) is 18.3 Å². The standard InChI is InChI=1S/C11H19N3O3/c1-15-4-5-16-6-7-17-9-10-2-3-13-11(8-10)14-12/h2-3,8H,4-7,9,12H2,1H3,(H,13,14). The molecule has 0 amide bonds. The van der Waals surface area contributed by atoms with Gasteiger partial charge in [-0.15, -0.1) is 0 Å². The van der Waals surface area contributed by atoms with Crippen molar-refractivity contribution in [3.05, 3.63) is 23.9 Å². The van der Waals surface area contributed by atoms with E-state index in [1.54, 1.807) is 13.3 Å². The van der Waals surface area contributed by atoms with Gasteiger partial charge in [0.05, 0.1) is 33.0 Å². The van der Waals surface area contributed by atoms with Crippen LogP contribution in [-0.2, 0) is 20.8 Å². The number of nitrogens with one attached hydrogen (secondary N) is 1. The van der Waals surface area contributed by atoms with E-state index in [4.69, 9.17) is 20.1 Å². The lowest BCUT2D eigenvalue weighted by Gasteiger charge is -2.06. The molecule has 0 saturated carbocycles. The van der Waals surface area contributed by atoms with Crippen LogP contribution < -0.4 is 11.3 Å². The number of aromatic nitrogens is 1. The molecule has 1 aromatic heterocycles. The summed E-state index contributed by atoms with van der Waals surface area (Å²) < 4.78 is 15.6. The van der Waals surface area contributed by atoms with Gasteiger partial charge in [-0.2, -0.15) is 0 Å². The van der Waals surface area contributed by atoms with E-state index >= 15 is 0 Å². The minimum absolute atomic E-state index is 0.519. The summed E-state index contributed by atoms with van der Waals surface area (Å²) >= 11 is 0. The molecular formula is C11H19N3O3. The molecule has 1 aromatic rings. The first-order valence-electron chi connectivity index (χ1n) is 5.43. The molecule has 6 nitrogen and oxygen atoms in total. The van der Waals surface area contributed by atoms with E-state index in [1.165, 1.54) is 0 Å². The average Bonchev–Trinajstić information content (AvgIpc) is 2.38. The van der Waals surface area contributed by atoms with Crippen molar-refractivity contribution in [1.82, 2.24) is 4.98 Å². The molecule has 0 spiro atoms. The number of nitrogens with zero attached hydrogens (tertiary/aromatic N) is 1.